The Balaban J connectivity index is 1.66. The van der Waals surface area contributed by atoms with Crippen molar-refractivity contribution in [3.05, 3.63) is 95.0 Å². The van der Waals surface area contributed by atoms with E-state index in [4.69, 9.17) is 26.8 Å². The molecule has 3 rings (SSSR count). The number of benzene rings is 3. The number of carbonyl (C=O) groups excluding carboxylic acids is 1. The van der Waals surface area contributed by atoms with Crippen LogP contribution in [0.3, 0.4) is 0 Å². The zero-order chi connectivity index (χ0) is 19.1. The lowest BCUT2D eigenvalue weighted by Crippen LogP contribution is -2.01. The Morgan fingerprint density at radius 1 is 1.00 bits per heavy atom. The lowest BCUT2D eigenvalue weighted by Gasteiger charge is -2.10. The third kappa shape index (κ3) is 5.36. The van der Waals surface area contributed by atoms with Crippen molar-refractivity contribution in [1.82, 2.24) is 0 Å². The minimum Gasteiger partial charge on any atom is -0.458 e. The first kappa shape index (κ1) is 18.5. The minimum absolute atomic E-state index is 0.220. The van der Waals surface area contributed by atoms with Crippen LogP contribution in [0.5, 0.6) is 11.5 Å². The van der Waals surface area contributed by atoms with E-state index < -0.39 is 5.97 Å². The second-order valence-electron chi connectivity index (χ2n) is 5.75. The van der Waals surface area contributed by atoms with E-state index in [0.29, 0.717) is 27.8 Å². The maximum absolute atomic E-state index is 11.9. The standard InChI is InChI=1S/C22H18ClNO3/c23-18-9-5-10-19(14-18)27-20-11-4-8-17(22(20)24)12-13-21(25)26-15-16-6-2-1-3-7-16/h1-14H,15,24H2. The number of nitrogen functional groups attached to an aromatic ring is 1. The summed E-state index contributed by atoms with van der Waals surface area (Å²) in [6.07, 6.45) is 2.95. The van der Waals surface area contributed by atoms with Crippen LogP contribution < -0.4 is 10.5 Å². The average molecular weight is 380 g/mol. The highest BCUT2D eigenvalue weighted by atomic mass is 35.5. The van der Waals surface area contributed by atoms with Crippen molar-refractivity contribution in [2.24, 2.45) is 0 Å². The largest absolute Gasteiger partial charge is 0.458 e. The van der Waals surface area contributed by atoms with Gasteiger partial charge in [-0.1, -0.05) is 60.1 Å². The van der Waals surface area contributed by atoms with Crippen LogP contribution >= 0.6 is 11.6 Å². The molecule has 0 spiro atoms. The van der Waals surface area contributed by atoms with Crippen LogP contribution in [0.1, 0.15) is 11.1 Å². The van der Waals surface area contributed by atoms with Crippen LogP contribution in [0.4, 0.5) is 5.69 Å². The fraction of sp³-hybridized carbons (Fsp3) is 0.0455. The molecule has 0 amide bonds. The number of hydrogen-bond donors (Lipinski definition) is 1. The molecule has 0 aliphatic rings. The van der Waals surface area contributed by atoms with Gasteiger partial charge in [0.25, 0.3) is 0 Å². The number of ether oxygens (including phenoxy) is 2. The molecule has 0 fully saturated rings. The van der Waals surface area contributed by atoms with Gasteiger partial charge in [0.05, 0.1) is 5.69 Å². The van der Waals surface area contributed by atoms with E-state index in [1.54, 1.807) is 48.5 Å². The highest BCUT2D eigenvalue weighted by Crippen LogP contribution is 2.31. The first-order chi connectivity index (χ1) is 13.1. The maximum atomic E-state index is 11.9. The normalized spacial score (nSPS) is 10.7. The summed E-state index contributed by atoms with van der Waals surface area (Å²) >= 11 is 5.97. The molecule has 0 saturated carbocycles. The van der Waals surface area contributed by atoms with Gasteiger partial charge in [-0.3, -0.25) is 0 Å². The van der Waals surface area contributed by atoms with Gasteiger partial charge in [-0.25, -0.2) is 4.79 Å². The van der Waals surface area contributed by atoms with Gasteiger partial charge in [0.15, 0.2) is 5.75 Å². The van der Waals surface area contributed by atoms with Crippen molar-refractivity contribution in [3.8, 4) is 11.5 Å². The Morgan fingerprint density at radius 3 is 2.56 bits per heavy atom. The fourth-order valence-electron chi connectivity index (χ4n) is 2.39. The molecule has 3 aromatic rings. The predicted octanol–water partition coefficient (Wildman–Crippen LogP) is 5.47. The highest BCUT2D eigenvalue weighted by molar-refractivity contribution is 6.30. The second-order valence-corrected chi connectivity index (χ2v) is 6.18. The molecular weight excluding hydrogens is 362 g/mol. The number of rotatable bonds is 6. The van der Waals surface area contributed by atoms with E-state index in [9.17, 15) is 4.79 Å². The van der Waals surface area contributed by atoms with Gasteiger partial charge in [0.1, 0.15) is 12.4 Å². The number of para-hydroxylation sites is 1. The van der Waals surface area contributed by atoms with Crippen LogP contribution in [-0.4, -0.2) is 5.97 Å². The third-order valence-corrected chi connectivity index (χ3v) is 3.98. The molecular formula is C22H18ClNO3. The number of esters is 1. The molecule has 0 aliphatic heterocycles. The van der Waals surface area contributed by atoms with Crippen molar-refractivity contribution in [3.63, 3.8) is 0 Å². The molecule has 4 nitrogen and oxygen atoms in total. The Morgan fingerprint density at radius 2 is 1.78 bits per heavy atom. The zero-order valence-corrected chi connectivity index (χ0v) is 15.2. The topological polar surface area (TPSA) is 61.6 Å². The van der Waals surface area contributed by atoms with Gasteiger partial charge in [-0.15, -0.1) is 0 Å². The van der Waals surface area contributed by atoms with E-state index in [0.717, 1.165) is 5.56 Å². The smallest absolute Gasteiger partial charge is 0.331 e. The van der Waals surface area contributed by atoms with Crippen molar-refractivity contribution in [2.45, 2.75) is 6.61 Å². The fourth-order valence-corrected chi connectivity index (χ4v) is 2.57. The van der Waals surface area contributed by atoms with Gasteiger partial charge < -0.3 is 15.2 Å². The molecule has 0 unspecified atom stereocenters. The van der Waals surface area contributed by atoms with Gasteiger partial charge >= 0.3 is 5.97 Å². The monoisotopic (exact) mass is 379 g/mol. The van der Waals surface area contributed by atoms with Crippen molar-refractivity contribution in [1.29, 1.82) is 0 Å². The second kappa shape index (κ2) is 8.92. The molecule has 5 heteroatoms. The van der Waals surface area contributed by atoms with Crippen LogP contribution in [0, 0.1) is 0 Å². The van der Waals surface area contributed by atoms with Crippen LogP contribution in [0.25, 0.3) is 6.08 Å². The molecule has 0 heterocycles. The maximum Gasteiger partial charge on any atom is 0.331 e. The van der Waals surface area contributed by atoms with Gasteiger partial charge in [-0.2, -0.15) is 0 Å². The first-order valence-corrected chi connectivity index (χ1v) is 8.70. The third-order valence-electron chi connectivity index (χ3n) is 3.75. The molecule has 0 atom stereocenters. The molecule has 0 radical (unpaired) electrons. The molecule has 136 valence electrons. The van der Waals surface area contributed by atoms with E-state index in [1.165, 1.54) is 6.08 Å². The predicted molar refractivity (Wildman–Crippen MR) is 108 cm³/mol. The average Bonchev–Trinajstić information content (AvgIpc) is 2.68. The Labute approximate surface area is 162 Å². The van der Waals surface area contributed by atoms with Crippen molar-refractivity contribution < 1.29 is 14.3 Å². The van der Waals surface area contributed by atoms with E-state index in [1.807, 2.05) is 30.3 Å². The number of halogens is 1. The summed E-state index contributed by atoms with van der Waals surface area (Å²) < 4.78 is 11.0. The summed E-state index contributed by atoms with van der Waals surface area (Å²) in [5.74, 6) is 0.620. The summed E-state index contributed by atoms with van der Waals surface area (Å²) in [4.78, 5) is 11.9. The molecule has 0 saturated heterocycles. The van der Waals surface area contributed by atoms with E-state index in [-0.39, 0.29) is 6.61 Å². The first-order valence-electron chi connectivity index (χ1n) is 8.32. The molecule has 0 aromatic heterocycles. The summed E-state index contributed by atoms with van der Waals surface area (Å²) in [5, 5.41) is 0.572. The molecule has 3 aromatic carbocycles. The summed E-state index contributed by atoms with van der Waals surface area (Å²) in [5.41, 5.74) is 8.17. The van der Waals surface area contributed by atoms with E-state index in [2.05, 4.69) is 0 Å². The summed E-state index contributed by atoms with van der Waals surface area (Å²) in [6.45, 7) is 0.220. The van der Waals surface area contributed by atoms with Crippen LogP contribution in [0.15, 0.2) is 78.9 Å². The van der Waals surface area contributed by atoms with Crippen LogP contribution in [0.2, 0.25) is 5.02 Å². The lowest BCUT2D eigenvalue weighted by molar-refractivity contribution is -0.138. The number of anilines is 1. The van der Waals surface area contributed by atoms with Gasteiger partial charge in [0.2, 0.25) is 0 Å². The molecule has 2 N–H and O–H groups in total. The van der Waals surface area contributed by atoms with Crippen molar-refractivity contribution in [2.75, 3.05) is 5.73 Å². The Kier molecular flexibility index (Phi) is 6.13. The highest BCUT2D eigenvalue weighted by Gasteiger charge is 2.07. The summed E-state index contributed by atoms with van der Waals surface area (Å²) in [6, 6.07) is 21.9. The Bertz CT molecular complexity index is 955. The molecule has 0 bridgehead atoms. The Hall–Kier alpha value is -3.24. The lowest BCUT2D eigenvalue weighted by atomic mass is 10.1. The van der Waals surface area contributed by atoms with Crippen molar-refractivity contribution >= 4 is 29.3 Å². The summed E-state index contributed by atoms with van der Waals surface area (Å²) in [7, 11) is 0. The molecule has 0 aliphatic carbocycles. The zero-order valence-electron chi connectivity index (χ0n) is 14.5. The van der Waals surface area contributed by atoms with E-state index >= 15 is 0 Å². The van der Waals surface area contributed by atoms with Crippen LogP contribution in [-0.2, 0) is 16.1 Å². The molecule has 27 heavy (non-hydrogen) atoms. The van der Waals surface area contributed by atoms with Gasteiger partial charge in [0, 0.05) is 16.7 Å². The minimum atomic E-state index is -0.445. The quantitative estimate of drug-likeness (QED) is 0.350. The van der Waals surface area contributed by atoms with Gasteiger partial charge in [-0.05, 0) is 35.9 Å². The number of hydrogen-bond acceptors (Lipinski definition) is 4. The SMILES string of the molecule is Nc1c(C=CC(=O)OCc2ccccc2)cccc1Oc1cccc(Cl)c1. The number of carbonyl (C=O) groups is 1. The number of nitrogens with two attached hydrogens (primary N) is 1.